The van der Waals surface area contributed by atoms with Crippen molar-refractivity contribution in [2.24, 2.45) is 0 Å². The van der Waals surface area contributed by atoms with Crippen LogP contribution in [-0.2, 0) is 12.8 Å². The number of hydrogen-bond donors (Lipinski definition) is 1. The molecule has 0 aromatic carbocycles. The Kier molecular flexibility index (Phi) is 4.41. The summed E-state index contributed by atoms with van der Waals surface area (Å²) in [6.07, 6.45) is 3.41. The Bertz CT molecular complexity index is 495. The summed E-state index contributed by atoms with van der Waals surface area (Å²) >= 11 is 0. The normalized spacial score (nSPS) is 10.8. The minimum atomic E-state index is 0.582. The average Bonchev–Trinajstić information content (AvgIpc) is 2.88. The minimum Gasteiger partial charge on any atom is -0.339 e. The molecule has 0 radical (unpaired) electrons. The lowest BCUT2D eigenvalue weighted by Crippen LogP contribution is -2.16. The van der Waals surface area contributed by atoms with E-state index >= 15 is 0 Å². The Morgan fingerprint density at radius 2 is 2.22 bits per heavy atom. The van der Waals surface area contributed by atoms with E-state index in [-0.39, 0.29) is 0 Å². The highest BCUT2D eigenvalue weighted by Crippen LogP contribution is 2.18. The molecule has 2 heterocycles. The molecular formula is C13H18N4O. The van der Waals surface area contributed by atoms with E-state index in [4.69, 9.17) is 4.52 Å². The van der Waals surface area contributed by atoms with Crippen LogP contribution in [0.15, 0.2) is 22.9 Å². The van der Waals surface area contributed by atoms with Crippen LogP contribution in [-0.4, -0.2) is 28.2 Å². The quantitative estimate of drug-likeness (QED) is 0.788. The van der Waals surface area contributed by atoms with E-state index in [1.807, 2.05) is 12.1 Å². The third-order valence-electron chi connectivity index (χ3n) is 2.72. The molecule has 0 saturated heterocycles. The fourth-order valence-corrected chi connectivity index (χ4v) is 1.75. The van der Waals surface area contributed by atoms with Gasteiger partial charge in [0.2, 0.25) is 11.7 Å². The van der Waals surface area contributed by atoms with E-state index in [2.05, 4.69) is 34.3 Å². The minimum absolute atomic E-state index is 0.582. The van der Waals surface area contributed by atoms with Crippen LogP contribution in [0.3, 0.4) is 0 Å². The smallest absolute Gasteiger partial charge is 0.228 e. The summed E-state index contributed by atoms with van der Waals surface area (Å²) in [6, 6.07) is 3.96. The number of hydrogen-bond acceptors (Lipinski definition) is 5. The van der Waals surface area contributed by atoms with Gasteiger partial charge in [0, 0.05) is 19.2 Å². The topological polar surface area (TPSA) is 63.8 Å². The van der Waals surface area contributed by atoms with Crippen molar-refractivity contribution in [3.05, 3.63) is 29.8 Å². The number of rotatable bonds is 6. The van der Waals surface area contributed by atoms with E-state index in [0.29, 0.717) is 11.7 Å². The zero-order valence-corrected chi connectivity index (χ0v) is 10.8. The first-order chi connectivity index (χ1) is 8.85. The second-order valence-electron chi connectivity index (χ2n) is 3.98. The largest absolute Gasteiger partial charge is 0.339 e. The summed E-state index contributed by atoms with van der Waals surface area (Å²) in [6.45, 7) is 5.95. The molecule has 5 heteroatoms. The maximum absolute atomic E-state index is 5.22. The molecular weight excluding hydrogens is 228 g/mol. The number of nitrogens with one attached hydrogen (secondary N) is 1. The molecule has 0 saturated carbocycles. The van der Waals surface area contributed by atoms with Crippen molar-refractivity contribution in [1.82, 2.24) is 20.4 Å². The van der Waals surface area contributed by atoms with Crippen LogP contribution in [0.25, 0.3) is 11.5 Å². The molecule has 2 aromatic rings. The fraction of sp³-hybridized carbons (Fsp3) is 0.462. The third kappa shape index (κ3) is 2.92. The highest BCUT2D eigenvalue weighted by atomic mass is 16.5. The van der Waals surface area contributed by atoms with Crippen molar-refractivity contribution in [2.75, 3.05) is 13.1 Å². The molecule has 96 valence electrons. The Hall–Kier alpha value is -1.75. The van der Waals surface area contributed by atoms with E-state index in [9.17, 15) is 0 Å². The first-order valence-electron chi connectivity index (χ1n) is 6.32. The van der Waals surface area contributed by atoms with Gasteiger partial charge in [-0.1, -0.05) is 25.1 Å². The van der Waals surface area contributed by atoms with Crippen molar-refractivity contribution in [3.8, 4) is 11.5 Å². The van der Waals surface area contributed by atoms with Gasteiger partial charge in [-0.05, 0) is 24.6 Å². The van der Waals surface area contributed by atoms with Crippen molar-refractivity contribution in [2.45, 2.75) is 26.7 Å². The molecule has 0 aliphatic carbocycles. The van der Waals surface area contributed by atoms with Crippen LogP contribution >= 0.6 is 0 Å². The second-order valence-corrected chi connectivity index (χ2v) is 3.98. The van der Waals surface area contributed by atoms with Gasteiger partial charge in [-0.15, -0.1) is 0 Å². The van der Waals surface area contributed by atoms with Crippen molar-refractivity contribution in [3.63, 3.8) is 0 Å². The van der Waals surface area contributed by atoms with Crippen LogP contribution in [0.5, 0.6) is 0 Å². The number of pyridine rings is 1. The van der Waals surface area contributed by atoms with Crippen LogP contribution in [0.4, 0.5) is 0 Å². The van der Waals surface area contributed by atoms with E-state index in [1.54, 1.807) is 6.20 Å². The van der Waals surface area contributed by atoms with Crippen LogP contribution < -0.4 is 5.32 Å². The second kappa shape index (κ2) is 6.26. The first-order valence-corrected chi connectivity index (χ1v) is 6.32. The Morgan fingerprint density at radius 3 is 3.00 bits per heavy atom. The standard InChI is InChI=1S/C13H18N4O/c1-3-10-6-5-8-15-12(10)13-16-11(18-17-13)7-9-14-4-2/h5-6,8,14H,3-4,7,9H2,1-2H3. The lowest BCUT2D eigenvalue weighted by atomic mass is 10.1. The summed E-state index contributed by atoms with van der Waals surface area (Å²) in [5.74, 6) is 1.23. The highest BCUT2D eigenvalue weighted by molar-refractivity contribution is 5.53. The molecule has 0 fully saturated rings. The molecule has 2 aromatic heterocycles. The molecule has 0 atom stereocenters. The fourth-order valence-electron chi connectivity index (χ4n) is 1.75. The van der Waals surface area contributed by atoms with E-state index in [0.717, 1.165) is 37.2 Å². The molecule has 0 amide bonds. The van der Waals surface area contributed by atoms with E-state index in [1.165, 1.54) is 0 Å². The average molecular weight is 246 g/mol. The van der Waals surface area contributed by atoms with Crippen molar-refractivity contribution >= 4 is 0 Å². The van der Waals surface area contributed by atoms with Gasteiger partial charge in [0.05, 0.1) is 0 Å². The summed E-state index contributed by atoms with van der Waals surface area (Å²) < 4.78 is 5.22. The van der Waals surface area contributed by atoms with Gasteiger partial charge in [0.15, 0.2) is 0 Å². The zero-order chi connectivity index (χ0) is 12.8. The monoisotopic (exact) mass is 246 g/mol. The summed E-state index contributed by atoms with van der Waals surface area (Å²) in [7, 11) is 0. The van der Waals surface area contributed by atoms with Crippen molar-refractivity contribution < 1.29 is 4.52 Å². The molecule has 5 nitrogen and oxygen atoms in total. The SMILES string of the molecule is CCNCCc1nc(-c2ncccc2CC)no1. The van der Waals surface area contributed by atoms with Gasteiger partial charge in [0.1, 0.15) is 5.69 Å². The van der Waals surface area contributed by atoms with Crippen LogP contribution in [0.1, 0.15) is 25.3 Å². The summed E-state index contributed by atoms with van der Waals surface area (Å²) in [5.41, 5.74) is 1.95. The van der Waals surface area contributed by atoms with Crippen LogP contribution in [0, 0.1) is 0 Å². The first kappa shape index (κ1) is 12.7. The van der Waals surface area contributed by atoms with Crippen molar-refractivity contribution in [1.29, 1.82) is 0 Å². The molecule has 0 spiro atoms. The zero-order valence-electron chi connectivity index (χ0n) is 10.8. The number of likely N-dealkylation sites (N-methyl/N-ethyl adjacent to an activating group) is 1. The van der Waals surface area contributed by atoms with Crippen LogP contribution in [0.2, 0.25) is 0 Å². The molecule has 18 heavy (non-hydrogen) atoms. The number of aromatic nitrogens is 3. The predicted molar refractivity (Wildman–Crippen MR) is 69.2 cm³/mol. The third-order valence-corrected chi connectivity index (χ3v) is 2.72. The molecule has 1 N–H and O–H groups in total. The predicted octanol–water partition coefficient (Wildman–Crippen LogP) is 1.85. The Morgan fingerprint density at radius 1 is 1.33 bits per heavy atom. The lowest BCUT2D eigenvalue weighted by Gasteiger charge is -2.00. The molecule has 0 aliphatic rings. The number of nitrogens with zero attached hydrogens (tertiary/aromatic N) is 3. The molecule has 0 bridgehead atoms. The lowest BCUT2D eigenvalue weighted by molar-refractivity contribution is 0.376. The van der Waals surface area contributed by atoms with E-state index < -0.39 is 0 Å². The molecule has 0 aliphatic heterocycles. The van der Waals surface area contributed by atoms with Gasteiger partial charge in [-0.2, -0.15) is 4.98 Å². The summed E-state index contributed by atoms with van der Waals surface area (Å²) in [5, 5.41) is 7.22. The maximum Gasteiger partial charge on any atom is 0.228 e. The van der Waals surface area contributed by atoms with Gasteiger partial charge in [-0.3, -0.25) is 4.98 Å². The van der Waals surface area contributed by atoms with Gasteiger partial charge < -0.3 is 9.84 Å². The molecule has 0 unspecified atom stereocenters. The Balaban J connectivity index is 2.13. The number of aryl methyl sites for hydroxylation is 1. The molecule has 2 rings (SSSR count). The van der Waals surface area contributed by atoms with Gasteiger partial charge in [0.25, 0.3) is 0 Å². The van der Waals surface area contributed by atoms with Gasteiger partial charge >= 0.3 is 0 Å². The summed E-state index contributed by atoms with van der Waals surface area (Å²) in [4.78, 5) is 8.71. The maximum atomic E-state index is 5.22. The van der Waals surface area contributed by atoms with Gasteiger partial charge in [-0.25, -0.2) is 0 Å². The Labute approximate surface area is 107 Å². The highest BCUT2D eigenvalue weighted by Gasteiger charge is 2.12.